The highest BCUT2D eigenvalue weighted by Gasteiger charge is 2.33. The number of allylic oxidation sites excluding steroid dienone is 1. The van der Waals surface area contributed by atoms with Crippen molar-refractivity contribution in [3.63, 3.8) is 0 Å². The molecule has 2 aliphatic rings. The number of ether oxygens (including phenoxy) is 2. The van der Waals surface area contributed by atoms with Gasteiger partial charge in [-0.25, -0.2) is 4.79 Å². The molecular weight excluding hydrogens is 424 g/mol. The molecule has 0 aliphatic carbocycles. The van der Waals surface area contributed by atoms with Gasteiger partial charge in [0.05, 0.1) is 29.2 Å². The Labute approximate surface area is 182 Å². The Morgan fingerprint density at radius 3 is 2.97 bits per heavy atom. The minimum Gasteiger partial charge on any atom is -0.504 e. The van der Waals surface area contributed by atoms with E-state index in [0.29, 0.717) is 30.0 Å². The fourth-order valence-electron chi connectivity index (χ4n) is 3.20. The lowest BCUT2D eigenvalue weighted by Gasteiger charge is -2.25. The number of amides is 2. The second-order valence-corrected chi connectivity index (χ2v) is 7.48. The number of nitriles is 1. The van der Waals surface area contributed by atoms with E-state index in [0.717, 1.165) is 5.01 Å². The molecule has 2 aromatic rings. The Hall–Kier alpha value is -3.84. The van der Waals surface area contributed by atoms with Crippen molar-refractivity contribution in [1.29, 1.82) is 5.26 Å². The van der Waals surface area contributed by atoms with E-state index in [9.17, 15) is 15.2 Å². The van der Waals surface area contributed by atoms with Crippen molar-refractivity contribution < 1.29 is 19.4 Å². The summed E-state index contributed by atoms with van der Waals surface area (Å²) >= 11 is 6.49. The van der Waals surface area contributed by atoms with Crippen LogP contribution >= 0.6 is 11.6 Å². The molecule has 158 valence electrons. The Balaban J connectivity index is 1.77. The topological polar surface area (TPSA) is 133 Å². The Bertz CT molecular complexity index is 1190. The quantitative estimate of drug-likeness (QED) is 0.741. The smallest absolute Gasteiger partial charge is 0.347 e. The highest BCUT2D eigenvalue weighted by molar-refractivity contribution is 6.33. The van der Waals surface area contributed by atoms with Gasteiger partial charge in [-0.1, -0.05) is 32.0 Å². The molecule has 2 amide bonds. The van der Waals surface area contributed by atoms with E-state index in [1.54, 1.807) is 0 Å². The van der Waals surface area contributed by atoms with E-state index in [4.69, 9.17) is 21.1 Å². The van der Waals surface area contributed by atoms with Crippen molar-refractivity contribution in [3.8, 4) is 29.3 Å². The second-order valence-electron chi connectivity index (χ2n) is 7.07. The number of hydrogen-bond donors (Lipinski definition) is 2. The van der Waals surface area contributed by atoms with Crippen molar-refractivity contribution in [2.24, 2.45) is 5.10 Å². The summed E-state index contributed by atoms with van der Waals surface area (Å²) in [5.74, 6) is 0.564. The molecule has 1 aromatic carbocycles. The zero-order chi connectivity index (χ0) is 22.3. The molecule has 10 nitrogen and oxygen atoms in total. The molecule has 4 rings (SSSR count). The maximum Gasteiger partial charge on any atom is 0.347 e. The number of rotatable bonds is 4. The summed E-state index contributed by atoms with van der Waals surface area (Å²) in [6.07, 6.45) is 1.73. The van der Waals surface area contributed by atoms with Crippen molar-refractivity contribution >= 4 is 29.0 Å². The van der Waals surface area contributed by atoms with Crippen LogP contribution in [0.1, 0.15) is 31.0 Å². The van der Waals surface area contributed by atoms with Gasteiger partial charge >= 0.3 is 12.0 Å². The van der Waals surface area contributed by atoms with Crippen LogP contribution in [0, 0.1) is 11.3 Å². The normalized spacial score (nSPS) is 15.2. The zero-order valence-electron chi connectivity index (χ0n) is 16.6. The standard InChI is InChI=1S/C20H17ClN6O4/c1-9(2)16-15(28)8-23-19(25-16)31-17-11-4-5-30-18(11)14(6-12(17)21)27-20(29)24-10(3)13(7-22)26-27/h6,8-9,28H,3-5H2,1-2H3,(H,24,29). The summed E-state index contributed by atoms with van der Waals surface area (Å²) in [7, 11) is 0. The van der Waals surface area contributed by atoms with E-state index in [2.05, 4.69) is 27.0 Å². The van der Waals surface area contributed by atoms with Crippen LogP contribution in [0.15, 0.2) is 29.6 Å². The molecule has 0 bridgehead atoms. The average Bonchev–Trinajstić information content (AvgIpc) is 3.21. The number of aromatic hydroxyl groups is 1. The van der Waals surface area contributed by atoms with Crippen molar-refractivity contribution in [3.05, 3.63) is 40.8 Å². The lowest BCUT2D eigenvalue weighted by Crippen LogP contribution is -2.43. The monoisotopic (exact) mass is 440 g/mol. The van der Waals surface area contributed by atoms with E-state index in [1.807, 2.05) is 19.9 Å². The van der Waals surface area contributed by atoms with E-state index < -0.39 is 6.03 Å². The SMILES string of the molecule is C=C1NC(=O)N(c2cc(Cl)c(Oc3ncc(O)c(C(C)C)n3)c3c2OCC3)N=C1C#N. The molecule has 2 N–H and O–H groups in total. The number of carbonyl (C=O) groups excluding carboxylic acids is 1. The number of hydrogen-bond acceptors (Lipinski definition) is 8. The average molecular weight is 441 g/mol. The highest BCUT2D eigenvalue weighted by atomic mass is 35.5. The Morgan fingerprint density at radius 2 is 2.26 bits per heavy atom. The number of halogens is 1. The van der Waals surface area contributed by atoms with Crippen LogP contribution in [0.25, 0.3) is 0 Å². The highest BCUT2D eigenvalue weighted by Crippen LogP contribution is 2.47. The van der Waals surface area contributed by atoms with Crippen molar-refractivity contribution in [1.82, 2.24) is 15.3 Å². The van der Waals surface area contributed by atoms with Gasteiger partial charge in [-0.3, -0.25) is 0 Å². The maximum absolute atomic E-state index is 12.5. The van der Waals surface area contributed by atoms with Gasteiger partial charge < -0.3 is 19.9 Å². The van der Waals surface area contributed by atoms with Crippen LogP contribution in [0.5, 0.6) is 23.3 Å². The molecule has 0 radical (unpaired) electrons. The molecule has 11 heteroatoms. The van der Waals surface area contributed by atoms with Gasteiger partial charge in [0.1, 0.15) is 11.8 Å². The number of aromatic nitrogens is 2. The number of nitrogens with zero attached hydrogens (tertiary/aromatic N) is 5. The van der Waals surface area contributed by atoms with Gasteiger partial charge in [0, 0.05) is 12.0 Å². The van der Waals surface area contributed by atoms with Gasteiger partial charge in [0.15, 0.2) is 23.0 Å². The number of benzene rings is 1. The molecule has 2 aliphatic heterocycles. The number of anilines is 1. The lowest BCUT2D eigenvalue weighted by atomic mass is 10.1. The molecule has 0 unspecified atom stereocenters. The molecule has 31 heavy (non-hydrogen) atoms. The largest absolute Gasteiger partial charge is 0.504 e. The zero-order valence-corrected chi connectivity index (χ0v) is 17.4. The van der Waals surface area contributed by atoms with E-state index >= 15 is 0 Å². The third kappa shape index (κ3) is 3.60. The fourth-order valence-corrected chi connectivity index (χ4v) is 3.46. The van der Waals surface area contributed by atoms with E-state index in [-0.39, 0.29) is 45.5 Å². The van der Waals surface area contributed by atoms with Crippen LogP contribution in [-0.4, -0.2) is 33.4 Å². The minimum atomic E-state index is -0.602. The predicted octanol–water partition coefficient (Wildman–Crippen LogP) is 3.61. The minimum absolute atomic E-state index is 0.0158. The maximum atomic E-state index is 12.5. The first-order valence-corrected chi connectivity index (χ1v) is 9.69. The number of fused-ring (bicyclic) bond motifs is 1. The molecule has 0 atom stereocenters. The first-order valence-electron chi connectivity index (χ1n) is 9.31. The summed E-state index contributed by atoms with van der Waals surface area (Å²) in [6, 6.07) is 2.75. The van der Waals surface area contributed by atoms with Crippen LogP contribution in [0.3, 0.4) is 0 Å². The lowest BCUT2D eigenvalue weighted by molar-refractivity contribution is 0.248. The van der Waals surface area contributed by atoms with Crippen LogP contribution in [0.2, 0.25) is 5.02 Å². The number of hydrazone groups is 1. The van der Waals surface area contributed by atoms with Gasteiger partial charge in [-0.15, -0.1) is 0 Å². The molecule has 1 aromatic heterocycles. The molecule has 0 spiro atoms. The second kappa shape index (κ2) is 7.77. The molecule has 0 saturated carbocycles. The molecule has 0 saturated heterocycles. The van der Waals surface area contributed by atoms with E-state index in [1.165, 1.54) is 12.3 Å². The summed E-state index contributed by atoms with van der Waals surface area (Å²) in [4.78, 5) is 20.7. The first-order chi connectivity index (χ1) is 14.8. The van der Waals surface area contributed by atoms with Gasteiger partial charge in [0.2, 0.25) is 0 Å². The first kappa shape index (κ1) is 20.4. The molecular formula is C20H17ClN6O4. The Kier molecular flexibility index (Phi) is 5.12. The third-order valence-electron chi connectivity index (χ3n) is 4.65. The molecule has 3 heterocycles. The van der Waals surface area contributed by atoms with Crippen LogP contribution < -0.4 is 19.8 Å². The van der Waals surface area contributed by atoms with Crippen molar-refractivity contribution in [2.75, 3.05) is 11.6 Å². The third-order valence-corrected chi connectivity index (χ3v) is 4.93. The van der Waals surface area contributed by atoms with Crippen molar-refractivity contribution in [2.45, 2.75) is 26.2 Å². The summed E-state index contributed by atoms with van der Waals surface area (Å²) in [6.45, 7) is 7.70. The van der Waals surface area contributed by atoms with Gasteiger partial charge in [0.25, 0.3) is 0 Å². The Morgan fingerprint density at radius 1 is 1.48 bits per heavy atom. The number of carbonyl (C=O) groups is 1. The van der Waals surface area contributed by atoms with Crippen LogP contribution in [0.4, 0.5) is 10.5 Å². The van der Waals surface area contributed by atoms with Gasteiger partial charge in [-0.2, -0.15) is 25.3 Å². The summed E-state index contributed by atoms with van der Waals surface area (Å²) in [5.41, 5.74) is 1.38. The number of nitrogens with one attached hydrogen (secondary N) is 1. The number of urea groups is 1. The summed E-state index contributed by atoms with van der Waals surface area (Å²) < 4.78 is 11.6. The predicted molar refractivity (Wildman–Crippen MR) is 112 cm³/mol. The van der Waals surface area contributed by atoms with Gasteiger partial charge in [-0.05, 0) is 12.0 Å². The molecule has 0 fully saturated rings. The fraction of sp³-hybridized carbons (Fsp3) is 0.250. The van der Waals surface area contributed by atoms with Crippen LogP contribution in [-0.2, 0) is 6.42 Å². The summed E-state index contributed by atoms with van der Waals surface area (Å²) in [5, 5.41) is 26.9.